The highest BCUT2D eigenvalue weighted by Gasteiger charge is 2.13. The van der Waals surface area contributed by atoms with Gasteiger partial charge in [0.1, 0.15) is 0 Å². The van der Waals surface area contributed by atoms with Crippen LogP contribution in [-0.4, -0.2) is 10.9 Å². The average Bonchev–Trinajstić information content (AvgIpc) is 2.88. The summed E-state index contributed by atoms with van der Waals surface area (Å²) in [7, 11) is 0. The summed E-state index contributed by atoms with van der Waals surface area (Å²) in [6.07, 6.45) is 3.41. The quantitative estimate of drug-likeness (QED) is 0.756. The Kier molecular flexibility index (Phi) is 5.94. The molecule has 0 unspecified atom stereocenters. The fraction of sp³-hybridized carbons (Fsp3) is 0.375. The first-order valence-corrected chi connectivity index (χ1v) is 8.80. The summed E-state index contributed by atoms with van der Waals surface area (Å²) in [6, 6.07) is 8.10. The van der Waals surface area contributed by atoms with Crippen LogP contribution < -0.4 is 5.32 Å². The second kappa shape index (κ2) is 7.71. The lowest BCUT2D eigenvalue weighted by Crippen LogP contribution is -2.10. The molecule has 2 aromatic rings. The van der Waals surface area contributed by atoms with Crippen molar-refractivity contribution in [3.8, 4) is 11.3 Å². The lowest BCUT2D eigenvalue weighted by atomic mass is 10.1. The number of unbranched alkanes of at least 4 members (excludes halogenated alkanes) is 1. The Hall–Kier alpha value is -1.20. The fourth-order valence-electron chi connectivity index (χ4n) is 2.00. The molecule has 1 N–H and O–H groups in total. The molecular weight excluding hydrogens is 348 g/mol. The lowest BCUT2D eigenvalue weighted by Gasteiger charge is -2.00. The molecule has 21 heavy (non-hydrogen) atoms. The Morgan fingerprint density at radius 3 is 2.62 bits per heavy atom. The molecule has 0 aliphatic heterocycles. The molecule has 0 saturated carbocycles. The van der Waals surface area contributed by atoms with Crippen molar-refractivity contribution in [3.05, 3.63) is 33.6 Å². The number of nitrogens with one attached hydrogen (secondary N) is 1. The van der Waals surface area contributed by atoms with E-state index in [0.29, 0.717) is 11.6 Å². The van der Waals surface area contributed by atoms with E-state index in [0.717, 1.165) is 35.0 Å². The van der Waals surface area contributed by atoms with Crippen molar-refractivity contribution < 1.29 is 4.79 Å². The summed E-state index contributed by atoms with van der Waals surface area (Å²) < 4.78 is 1.05. The second-order valence-electron chi connectivity index (χ2n) is 4.80. The maximum Gasteiger partial charge on any atom is 0.226 e. The van der Waals surface area contributed by atoms with Gasteiger partial charge in [-0.1, -0.05) is 48.3 Å². The van der Waals surface area contributed by atoms with Gasteiger partial charge in [-0.05, 0) is 25.0 Å². The molecular formula is C16H19BrN2OS. The van der Waals surface area contributed by atoms with Gasteiger partial charge < -0.3 is 5.32 Å². The third-order valence-corrected chi connectivity index (χ3v) is 4.78. The van der Waals surface area contributed by atoms with E-state index in [9.17, 15) is 4.79 Å². The second-order valence-corrected chi connectivity index (χ2v) is 6.80. The molecule has 0 atom stereocenters. The van der Waals surface area contributed by atoms with Crippen molar-refractivity contribution in [1.82, 2.24) is 4.98 Å². The average molecular weight is 367 g/mol. The van der Waals surface area contributed by atoms with E-state index in [1.165, 1.54) is 4.88 Å². The van der Waals surface area contributed by atoms with E-state index in [1.807, 2.05) is 24.3 Å². The predicted octanol–water partition coefficient (Wildman–Crippen LogP) is 5.26. The summed E-state index contributed by atoms with van der Waals surface area (Å²) >= 11 is 5.01. The van der Waals surface area contributed by atoms with Crippen LogP contribution in [0.2, 0.25) is 0 Å². The van der Waals surface area contributed by atoms with Gasteiger partial charge in [-0.15, -0.1) is 11.3 Å². The van der Waals surface area contributed by atoms with Crippen LogP contribution in [0.15, 0.2) is 28.7 Å². The smallest absolute Gasteiger partial charge is 0.226 e. The van der Waals surface area contributed by atoms with Gasteiger partial charge in [0, 0.05) is 21.3 Å². The first-order valence-electron chi connectivity index (χ1n) is 7.19. The van der Waals surface area contributed by atoms with Crippen LogP contribution in [-0.2, 0) is 11.2 Å². The number of rotatable bonds is 6. The number of benzene rings is 1. The molecule has 2 rings (SSSR count). The van der Waals surface area contributed by atoms with Gasteiger partial charge in [-0.25, -0.2) is 4.98 Å². The zero-order valence-corrected chi connectivity index (χ0v) is 14.7. The summed E-state index contributed by atoms with van der Waals surface area (Å²) in [5.41, 5.74) is 2.06. The Bertz CT molecular complexity index is 607. The van der Waals surface area contributed by atoms with Gasteiger partial charge in [-0.2, -0.15) is 0 Å². The number of nitrogens with zero attached hydrogens (tertiary/aromatic N) is 1. The first kappa shape index (κ1) is 16.2. The van der Waals surface area contributed by atoms with E-state index < -0.39 is 0 Å². The van der Waals surface area contributed by atoms with Crippen LogP contribution in [0.3, 0.4) is 0 Å². The molecule has 3 nitrogen and oxygen atoms in total. The van der Waals surface area contributed by atoms with Crippen LogP contribution in [0.1, 0.15) is 38.0 Å². The number of carbonyl (C=O) groups excluding carboxylic acids is 1. The number of hydrogen-bond acceptors (Lipinski definition) is 3. The number of aromatic nitrogens is 1. The lowest BCUT2D eigenvalue weighted by molar-refractivity contribution is -0.116. The minimum atomic E-state index is 0.0515. The number of hydrogen-bond donors (Lipinski definition) is 1. The van der Waals surface area contributed by atoms with Crippen LogP contribution in [0.25, 0.3) is 11.3 Å². The number of halogens is 1. The molecule has 1 aromatic heterocycles. The molecule has 0 spiro atoms. The van der Waals surface area contributed by atoms with Crippen LogP contribution in [0, 0.1) is 0 Å². The van der Waals surface area contributed by atoms with Gasteiger partial charge in [0.15, 0.2) is 5.13 Å². The van der Waals surface area contributed by atoms with Gasteiger partial charge in [0.2, 0.25) is 5.91 Å². The summed E-state index contributed by atoms with van der Waals surface area (Å²) in [4.78, 5) is 17.6. The molecule has 0 saturated heterocycles. The van der Waals surface area contributed by atoms with E-state index >= 15 is 0 Å². The molecule has 0 fully saturated rings. The minimum Gasteiger partial charge on any atom is -0.302 e. The molecule has 1 heterocycles. The van der Waals surface area contributed by atoms with Crippen LogP contribution in [0.5, 0.6) is 0 Å². The van der Waals surface area contributed by atoms with E-state index in [2.05, 4.69) is 40.1 Å². The van der Waals surface area contributed by atoms with E-state index in [-0.39, 0.29) is 5.91 Å². The van der Waals surface area contributed by atoms with Gasteiger partial charge in [0.25, 0.3) is 0 Å². The Morgan fingerprint density at radius 1 is 1.29 bits per heavy atom. The summed E-state index contributed by atoms with van der Waals surface area (Å²) in [6.45, 7) is 4.19. The molecule has 5 heteroatoms. The molecule has 0 aliphatic carbocycles. The zero-order valence-electron chi connectivity index (χ0n) is 12.3. The Morgan fingerprint density at radius 2 is 2.00 bits per heavy atom. The number of carbonyl (C=O) groups is 1. The van der Waals surface area contributed by atoms with E-state index in [1.54, 1.807) is 11.3 Å². The monoisotopic (exact) mass is 366 g/mol. The third kappa shape index (κ3) is 4.38. The molecule has 1 aromatic carbocycles. The number of thiazole rings is 1. The number of aryl methyl sites for hydroxylation is 1. The maximum atomic E-state index is 11.8. The highest BCUT2D eigenvalue weighted by molar-refractivity contribution is 9.10. The van der Waals surface area contributed by atoms with Crippen LogP contribution in [0.4, 0.5) is 5.13 Å². The van der Waals surface area contributed by atoms with Crippen molar-refractivity contribution in [2.24, 2.45) is 0 Å². The Labute approximate surface area is 137 Å². The highest BCUT2D eigenvalue weighted by atomic mass is 79.9. The van der Waals surface area contributed by atoms with E-state index in [4.69, 9.17) is 0 Å². The highest BCUT2D eigenvalue weighted by Crippen LogP contribution is 2.32. The SMILES string of the molecule is CCCCC(=O)Nc1nc(-c2ccc(Br)cc2)c(CC)s1. The molecule has 0 radical (unpaired) electrons. The van der Waals surface area contributed by atoms with Gasteiger partial charge in [-0.3, -0.25) is 4.79 Å². The number of anilines is 1. The van der Waals surface area contributed by atoms with Crippen molar-refractivity contribution in [3.63, 3.8) is 0 Å². The largest absolute Gasteiger partial charge is 0.302 e. The van der Waals surface area contributed by atoms with Gasteiger partial charge in [0.05, 0.1) is 5.69 Å². The molecule has 1 amide bonds. The van der Waals surface area contributed by atoms with Crippen molar-refractivity contribution >= 4 is 38.3 Å². The standard InChI is InChI=1S/C16H19BrN2OS/c1-3-5-6-14(20)18-16-19-15(13(4-2)21-16)11-7-9-12(17)10-8-11/h7-10H,3-6H2,1-2H3,(H,18,19,20). The fourth-order valence-corrected chi connectivity index (χ4v) is 3.20. The summed E-state index contributed by atoms with van der Waals surface area (Å²) in [5, 5.41) is 3.61. The summed E-state index contributed by atoms with van der Waals surface area (Å²) in [5.74, 6) is 0.0515. The topological polar surface area (TPSA) is 42.0 Å². The Balaban J connectivity index is 2.19. The third-order valence-electron chi connectivity index (χ3n) is 3.14. The molecule has 0 bridgehead atoms. The first-order chi connectivity index (χ1) is 10.1. The minimum absolute atomic E-state index is 0.0515. The van der Waals surface area contributed by atoms with Crippen molar-refractivity contribution in [2.45, 2.75) is 39.5 Å². The predicted molar refractivity (Wildman–Crippen MR) is 92.8 cm³/mol. The zero-order chi connectivity index (χ0) is 15.2. The van der Waals surface area contributed by atoms with Crippen molar-refractivity contribution in [2.75, 3.05) is 5.32 Å². The van der Waals surface area contributed by atoms with Gasteiger partial charge >= 0.3 is 0 Å². The molecule has 112 valence electrons. The normalized spacial score (nSPS) is 10.6. The molecule has 0 aliphatic rings. The van der Waals surface area contributed by atoms with Crippen LogP contribution >= 0.6 is 27.3 Å². The van der Waals surface area contributed by atoms with Crippen molar-refractivity contribution in [1.29, 1.82) is 0 Å². The number of amides is 1. The maximum absolute atomic E-state index is 11.8.